The summed E-state index contributed by atoms with van der Waals surface area (Å²) in [6.07, 6.45) is 4.06. The number of carboxylic acid groups (broad SMARTS) is 1. The Labute approximate surface area is 111 Å². The molecule has 19 heavy (non-hydrogen) atoms. The number of carbonyl (C=O) groups is 1. The highest BCUT2D eigenvalue weighted by atomic mass is 16.5. The summed E-state index contributed by atoms with van der Waals surface area (Å²) < 4.78 is 12.1. The SMILES string of the molecule is COCc1c(C(=O)O)nnn1C1CCCC(OC)C1. The van der Waals surface area contributed by atoms with Crippen LogP contribution in [0.4, 0.5) is 0 Å². The second-order valence-corrected chi connectivity index (χ2v) is 4.75. The molecule has 1 N–H and O–H groups in total. The zero-order valence-electron chi connectivity index (χ0n) is 11.2. The highest BCUT2D eigenvalue weighted by molar-refractivity contribution is 5.86. The lowest BCUT2D eigenvalue weighted by Gasteiger charge is -2.28. The Morgan fingerprint density at radius 1 is 1.47 bits per heavy atom. The number of nitrogens with zero attached hydrogens (tertiary/aromatic N) is 3. The summed E-state index contributed by atoms with van der Waals surface area (Å²) in [5.74, 6) is -1.07. The van der Waals surface area contributed by atoms with Crippen molar-refractivity contribution < 1.29 is 19.4 Å². The van der Waals surface area contributed by atoms with Crippen molar-refractivity contribution in [2.24, 2.45) is 0 Å². The number of aromatic carboxylic acids is 1. The minimum atomic E-state index is -1.07. The second kappa shape index (κ2) is 6.12. The topological polar surface area (TPSA) is 86.5 Å². The van der Waals surface area contributed by atoms with E-state index < -0.39 is 5.97 Å². The predicted octanol–water partition coefficient (Wildman–Crippen LogP) is 1.25. The molecule has 0 spiro atoms. The van der Waals surface area contributed by atoms with Crippen LogP contribution in [0.2, 0.25) is 0 Å². The first kappa shape index (κ1) is 14.0. The van der Waals surface area contributed by atoms with Crippen LogP contribution >= 0.6 is 0 Å². The lowest BCUT2D eigenvalue weighted by Crippen LogP contribution is -2.26. The van der Waals surface area contributed by atoms with Crippen molar-refractivity contribution >= 4 is 5.97 Å². The van der Waals surface area contributed by atoms with Crippen molar-refractivity contribution in [3.05, 3.63) is 11.4 Å². The summed E-state index contributed by atoms with van der Waals surface area (Å²) in [5.41, 5.74) is 0.498. The Balaban J connectivity index is 2.25. The molecule has 7 nitrogen and oxygen atoms in total. The van der Waals surface area contributed by atoms with E-state index >= 15 is 0 Å². The molecule has 1 aliphatic rings. The van der Waals surface area contributed by atoms with Gasteiger partial charge in [-0.25, -0.2) is 9.48 Å². The number of aromatic nitrogens is 3. The molecule has 106 valence electrons. The molecule has 0 saturated heterocycles. The first-order chi connectivity index (χ1) is 9.17. The predicted molar refractivity (Wildman–Crippen MR) is 66.0 cm³/mol. The standard InChI is InChI=1S/C12H19N3O4/c1-18-7-10-11(12(16)17)13-14-15(10)8-4-3-5-9(6-8)19-2/h8-9H,3-7H2,1-2H3,(H,16,17). The number of hydrogen-bond donors (Lipinski definition) is 1. The third-order valence-electron chi connectivity index (χ3n) is 3.55. The van der Waals surface area contributed by atoms with E-state index in [4.69, 9.17) is 14.6 Å². The van der Waals surface area contributed by atoms with Gasteiger partial charge in [-0.3, -0.25) is 0 Å². The van der Waals surface area contributed by atoms with E-state index in [1.807, 2.05) is 0 Å². The Kier molecular flexibility index (Phi) is 4.49. The lowest BCUT2D eigenvalue weighted by atomic mass is 9.93. The molecular formula is C12H19N3O4. The summed E-state index contributed by atoms with van der Waals surface area (Å²) in [7, 11) is 3.23. The molecule has 0 bridgehead atoms. The van der Waals surface area contributed by atoms with Gasteiger partial charge in [-0.1, -0.05) is 5.21 Å². The molecule has 2 rings (SSSR count). The van der Waals surface area contributed by atoms with Crippen molar-refractivity contribution in [1.29, 1.82) is 0 Å². The zero-order valence-corrected chi connectivity index (χ0v) is 11.2. The summed E-state index contributed by atoms with van der Waals surface area (Å²) in [4.78, 5) is 11.1. The van der Waals surface area contributed by atoms with Gasteiger partial charge < -0.3 is 14.6 Å². The summed E-state index contributed by atoms with van der Waals surface area (Å²) in [6.45, 7) is 0.197. The van der Waals surface area contributed by atoms with Crippen LogP contribution in [0, 0.1) is 0 Å². The van der Waals surface area contributed by atoms with E-state index in [1.54, 1.807) is 11.8 Å². The Morgan fingerprint density at radius 2 is 2.26 bits per heavy atom. The van der Waals surface area contributed by atoms with Gasteiger partial charge in [-0.15, -0.1) is 5.10 Å². The van der Waals surface area contributed by atoms with Crippen LogP contribution in [0.5, 0.6) is 0 Å². The fraction of sp³-hybridized carbons (Fsp3) is 0.750. The van der Waals surface area contributed by atoms with Crippen LogP contribution in [0.1, 0.15) is 47.9 Å². The number of rotatable bonds is 5. The van der Waals surface area contributed by atoms with Crippen LogP contribution in [-0.2, 0) is 16.1 Å². The number of methoxy groups -OCH3 is 2. The van der Waals surface area contributed by atoms with Crippen LogP contribution in [0.25, 0.3) is 0 Å². The number of ether oxygens (including phenoxy) is 2. The maximum Gasteiger partial charge on any atom is 0.358 e. The van der Waals surface area contributed by atoms with Crippen molar-refractivity contribution in [3.8, 4) is 0 Å². The molecule has 0 aliphatic heterocycles. The summed E-state index contributed by atoms with van der Waals surface area (Å²) in [5, 5.41) is 16.9. The van der Waals surface area contributed by atoms with Gasteiger partial charge >= 0.3 is 5.97 Å². The van der Waals surface area contributed by atoms with Gasteiger partial charge in [0.05, 0.1) is 24.4 Å². The number of carboxylic acids is 1. The van der Waals surface area contributed by atoms with Crippen LogP contribution < -0.4 is 0 Å². The van der Waals surface area contributed by atoms with Crippen molar-refractivity contribution in [2.75, 3.05) is 14.2 Å². The molecule has 1 saturated carbocycles. The minimum absolute atomic E-state index is 0.0265. The Morgan fingerprint density at radius 3 is 2.89 bits per heavy atom. The highest BCUT2D eigenvalue weighted by Gasteiger charge is 2.28. The molecule has 2 atom stereocenters. The largest absolute Gasteiger partial charge is 0.476 e. The Bertz CT molecular complexity index is 446. The molecule has 0 amide bonds. The fourth-order valence-corrected chi connectivity index (χ4v) is 2.60. The van der Waals surface area contributed by atoms with Gasteiger partial charge in [0.1, 0.15) is 0 Å². The van der Waals surface area contributed by atoms with Gasteiger partial charge in [-0.05, 0) is 25.7 Å². The number of hydrogen-bond acceptors (Lipinski definition) is 5. The molecule has 7 heteroatoms. The van der Waals surface area contributed by atoms with E-state index in [1.165, 1.54) is 7.11 Å². The lowest BCUT2D eigenvalue weighted by molar-refractivity contribution is 0.0485. The summed E-state index contributed by atoms with van der Waals surface area (Å²) in [6, 6.07) is 0.129. The molecule has 1 aromatic heterocycles. The third-order valence-corrected chi connectivity index (χ3v) is 3.55. The average molecular weight is 269 g/mol. The molecule has 0 aromatic carbocycles. The highest BCUT2D eigenvalue weighted by Crippen LogP contribution is 2.30. The first-order valence-electron chi connectivity index (χ1n) is 6.36. The van der Waals surface area contributed by atoms with Crippen LogP contribution in [-0.4, -0.2) is 46.4 Å². The molecule has 0 radical (unpaired) electrons. The van der Waals surface area contributed by atoms with E-state index in [-0.39, 0.29) is 24.4 Å². The molecule has 1 aromatic rings. The molecule has 1 heterocycles. The van der Waals surface area contributed by atoms with Crippen molar-refractivity contribution in [3.63, 3.8) is 0 Å². The maximum atomic E-state index is 11.1. The normalized spacial score (nSPS) is 23.5. The van der Waals surface area contributed by atoms with Crippen LogP contribution in [0.3, 0.4) is 0 Å². The van der Waals surface area contributed by atoms with Gasteiger partial charge in [0.15, 0.2) is 5.69 Å². The van der Waals surface area contributed by atoms with E-state index in [0.29, 0.717) is 5.69 Å². The van der Waals surface area contributed by atoms with Crippen molar-refractivity contribution in [1.82, 2.24) is 15.0 Å². The molecule has 1 aliphatic carbocycles. The first-order valence-corrected chi connectivity index (χ1v) is 6.36. The second-order valence-electron chi connectivity index (χ2n) is 4.75. The minimum Gasteiger partial charge on any atom is -0.476 e. The summed E-state index contributed by atoms with van der Waals surface area (Å²) >= 11 is 0. The quantitative estimate of drug-likeness (QED) is 0.865. The van der Waals surface area contributed by atoms with E-state index in [9.17, 15) is 4.79 Å². The molecular weight excluding hydrogens is 250 g/mol. The van der Waals surface area contributed by atoms with Gasteiger partial charge in [-0.2, -0.15) is 0 Å². The Hall–Kier alpha value is -1.47. The van der Waals surface area contributed by atoms with Crippen molar-refractivity contribution in [2.45, 2.75) is 44.4 Å². The monoisotopic (exact) mass is 269 g/mol. The van der Waals surface area contributed by atoms with E-state index in [0.717, 1.165) is 25.7 Å². The smallest absolute Gasteiger partial charge is 0.358 e. The van der Waals surface area contributed by atoms with Gasteiger partial charge in [0.25, 0.3) is 0 Å². The van der Waals surface area contributed by atoms with Gasteiger partial charge in [0.2, 0.25) is 0 Å². The van der Waals surface area contributed by atoms with Gasteiger partial charge in [0, 0.05) is 14.2 Å². The fourth-order valence-electron chi connectivity index (χ4n) is 2.60. The molecule has 2 unspecified atom stereocenters. The molecule has 1 fully saturated rings. The maximum absolute atomic E-state index is 11.1. The average Bonchev–Trinajstić information content (AvgIpc) is 2.83. The zero-order chi connectivity index (χ0) is 13.8. The third kappa shape index (κ3) is 2.93. The van der Waals surface area contributed by atoms with Crippen LogP contribution in [0.15, 0.2) is 0 Å². The van der Waals surface area contributed by atoms with E-state index in [2.05, 4.69) is 10.3 Å².